The third-order valence-electron chi connectivity index (χ3n) is 4.46. The lowest BCUT2D eigenvalue weighted by Crippen LogP contribution is -2.14. The number of hydrogen-bond acceptors (Lipinski definition) is 0. The Morgan fingerprint density at radius 2 is 1.06 bits per heavy atom. The lowest BCUT2D eigenvalue weighted by molar-refractivity contribution is 0.254. The third kappa shape index (κ3) is 9.00. The van der Waals surface area contributed by atoms with Gasteiger partial charge in [0.1, 0.15) is 0 Å². The molecule has 0 rings (SSSR count). The molecule has 0 aliphatic rings. The molecule has 0 aromatic rings. The fourth-order valence-corrected chi connectivity index (χ4v) is 3.25. The van der Waals surface area contributed by atoms with Gasteiger partial charge in [-0.1, -0.05) is 105 Å². The maximum absolute atomic E-state index is 2.41. The maximum Gasteiger partial charge on any atom is -0.0386 e. The summed E-state index contributed by atoms with van der Waals surface area (Å²) in [5.41, 5.74) is 0. The van der Waals surface area contributed by atoms with Gasteiger partial charge in [0.2, 0.25) is 0 Å². The third-order valence-corrected chi connectivity index (χ3v) is 4.46. The van der Waals surface area contributed by atoms with Crippen LogP contribution in [0.25, 0.3) is 0 Å². The molecule has 0 spiro atoms. The standard InChI is InChI=1S/C18H38/c1-5-9-11-13-15-17(8-4)18(14-7-3)16-12-10-6-2/h17-18H,5-16H2,1-4H3. The van der Waals surface area contributed by atoms with Gasteiger partial charge in [-0.15, -0.1) is 0 Å². The first-order valence-electron chi connectivity index (χ1n) is 8.79. The molecule has 0 fully saturated rings. The quantitative estimate of drug-likeness (QED) is 0.311. The van der Waals surface area contributed by atoms with E-state index in [2.05, 4.69) is 27.7 Å². The van der Waals surface area contributed by atoms with Gasteiger partial charge in [0, 0.05) is 0 Å². The predicted molar refractivity (Wildman–Crippen MR) is 85.1 cm³/mol. The van der Waals surface area contributed by atoms with E-state index >= 15 is 0 Å². The fourth-order valence-electron chi connectivity index (χ4n) is 3.25. The molecule has 0 amide bonds. The van der Waals surface area contributed by atoms with Crippen LogP contribution in [0.2, 0.25) is 0 Å². The first-order valence-corrected chi connectivity index (χ1v) is 8.79. The Balaban J connectivity index is 3.98. The van der Waals surface area contributed by atoms with Crippen LogP contribution in [0.3, 0.4) is 0 Å². The van der Waals surface area contributed by atoms with Crippen molar-refractivity contribution in [3.8, 4) is 0 Å². The zero-order valence-corrected chi connectivity index (χ0v) is 13.6. The summed E-state index contributed by atoms with van der Waals surface area (Å²) in [6.07, 6.45) is 17.2. The number of rotatable bonds is 13. The van der Waals surface area contributed by atoms with E-state index < -0.39 is 0 Å². The summed E-state index contributed by atoms with van der Waals surface area (Å²) in [7, 11) is 0. The SMILES string of the molecule is CCCCCCC(CC)C(CCC)CCCCC. The summed E-state index contributed by atoms with van der Waals surface area (Å²) in [5.74, 6) is 2.03. The molecule has 18 heavy (non-hydrogen) atoms. The van der Waals surface area contributed by atoms with E-state index in [9.17, 15) is 0 Å². The molecule has 0 radical (unpaired) electrons. The second-order valence-electron chi connectivity index (χ2n) is 6.06. The molecule has 0 saturated heterocycles. The van der Waals surface area contributed by atoms with Crippen molar-refractivity contribution < 1.29 is 0 Å². The van der Waals surface area contributed by atoms with E-state index in [4.69, 9.17) is 0 Å². The Kier molecular flexibility index (Phi) is 13.4. The molecule has 0 N–H and O–H groups in total. The van der Waals surface area contributed by atoms with E-state index in [0.717, 1.165) is 11.8 Å². The Morgan fingerprint density at radius 3 is 1.61 bits per heavy atom. The first kappa shape index (κ1) is 18.0. The van der Waals surface area contributed by atoms with Crippen molar-refractivity contribution in [2.24, 2.45) is 11.8 Å². The highest BCUT2D eigenvalue weighted by Crippen LogP contribution is 2.30. The van der Waals surface area contributed by atoms with Crippen LogP contribution < -0.4 is 0 Å². The molecule has 110 valence electrons. The van der Waals surface area contributed by atoms with E-state index in [0.29, 0.717) is 0 Å². The Labute approximate surface area is 117 Å². The highest BCUT2D eigenvalue weighted by atomic mass is 14.2. The monoisotopic (exact) mass is 254 g/mol. The van der Waals surface area contributed by atoms with Crippen molar-refractivity contribution in [1.29, 1.82) is 0 Å². The van der Waals surface area contributed by atoms with Gasteiger partial charge in [-0.2, -0.15) is 0 Å². The smallest absolute Gasteiger partial charge is 0.0386 e. The van der Waals surface area contributed by atoms with Crippen LogP contribution >= 0.6 is 0 Å². The highest BCUT2D eigenvalue weighted by molar-refractivity contribution is 4.69. The molecule has 0 aliphatic carbocycles. The lowest BCUT2D eigenvalue weighted by atomic mass is 9.80. The van der Waals surface area contributed by atoms with Crippen LogP contribution in [-0.4, -0.2) is 0 Å². The maximum atomic E-state index is 2.41. The van der Waals surface area contributed by atoms with Gasteiger partial charge in [0.05, 0.1) is 0 Å². The molecule has 0 saturated carbocycles. The number of hydrogen-bond donors (Lipinski definition) is 0. The van der Waals surface area contributed by atoms with Gasteiger partial charge in [-0.25, -0.2) is 0 Å². The van der Waals surface area contributed by atoms with E-state index in [1.807, 2.05) is 0 Å². The van der Waals surface area contributed by atoms with Crippen molar-refractivity contribution in [3.05, 3.63) is 0 Å². The molecule has 0 aliphatic heterocycles. The number of unbranched alkanes of at least 4 members (excludes halogenated alkanes) is 5. The molecule has 0 aromatic heterocycles. The molecular formula is C18H38. The van der Waals surface area contributed by atoms with Gasteiger partial charge >= 0.3 is 0 Å². The zero-order chi connectivity index (χ0) is 13.6. The second-order valence-corrected chi connectivity index (χ2v) is 6.06. The minimum Gasteiger partial charge on any atom is -0.0654 e. The molecule has 0 heterocycles. The Morgan fingerprint density at radius 1 is 0.500 bits per heavy atom. The highest BCUT2D eigenvalue weighted by Gasteiger charge is 2.18. The van der Waals surface area contributed by atoms with Crippen LogP contribution in [0.1, 0.15) is 105 Å². The molecular weight excluding hydrogens is 216 g/mol. The average molecular weight is 255 g/mol. The molecule has 0 nitrogen and oxygen atoms in total. The van der Waals surface area contributed by atoms with Crippen molar-refractivity contribution in [1.82, 2.24) is 0 Å². The van der Waals surface area contributed by atoms with Crippen molar-refractivity contribution in [2.45, 2.75) is 105 Å². The molecule has 2 atom stereocenters. The van der Waals surface area contributed by atoms with E-state index in [1.54, 1.807) is 0 Å². The zero-order valence-electron chi connectivity index (χ0n) is 13.6. The average Bonchev–Trinajstić information content (AvgIpc) is 2.38. The van der Waals surface area contributed by atoms with Gasteiger partial charge in [-0.3, -0.25) is 0 Å². The topological polar surface area (TPSA) is 0 Å². The van der Waals surface area contributed by atoms with Crippen molar-refractivity contribution in [3.63, 3.8) is 0 Å². The summed E-state index contributed by atoms with van der Waals surface area (Å²) in [4.78, 5) is 0. The largest absolute Gasteiger partial charge is 0.0654 e. The first-order chi connectivity index (χ1) is 8.79. The Hall–Kier alpha value is 0. The van der Waals surface area contributed by atoms with Gasteiger partial charge in [0.25, 0.3) is 0 Å². The van der Waals surface area contributed by atoms with Gasteiger partial charge in [0.15, 0.2) is 0 Å². The fraction of sp³-hybridized carbons (Fsp3) is 1.00. The molecule has 2 unspecified atom stereocenters. The van der Waals surface area contributed by atoms with Crippen molar-refractivity contribution >= 4 is 0 Å². The second kappa shape index (κ2) is 13.4. The minimum absolute atomic E-state index is 1.01. The van der Waals surface area contributed by atoms with Crippen LogP contribution in [0.5, 0.6) is 0 Å². The Bertz CT molecular complexity index is 150. The van der Waals surface area contributed by atoms with Crippen molar-refractivity contribution in [2.75, 3.05) is 0 Å². The lowest BCUT2D eigenvalue weighted by Gasteiger charge is -2.26. The summed E-state index contributed by atoms with van der Waals surface area (Å²) < 4.78 is 0. The van der Waals surface area contributed by atoms with Crippen LogP contribution in [0.15, 0.2) is 0 Å². The van der Waals surface area contributed by atoms with Gasteiger partial charge < -0.3 is 0 Å². The summed E-state index contributed by atoms with van der Waals surface area (Å²) in [6.45, 7) is 9.39. The summed E-state index contributed by atoms with van der Waals surface area (Å²) >= 11 is 0. The van der Waals surface area contributed by atoms with Crippen LogP contribution in [-0.2, 0) is 0 Å². The summed E-state index contributed by atoms with van der Waals surface area (Å²) in [6, 6.07) is 0. The van der Waals surface area contributed by atoms with E-state index in [1.165, 1.54) is 77.0 Å². The van der Waals surface area contributed by atoms with Crippen LogP contribution in [0.4, 0.5) is 0 Å². The minimum atomic E-state index is 1.01. The van der Waals surface area contributed by atoms with E-state index in [-0.39, 0.29) is 0 Å². The van der Waals surface area contributed by atoms with Crippen LogP contribution in [0, 0.1) is 11.8 Å². The molecule has 0 aromatic carbocycles. The predicted octanol–water partition coefficient (Wildman–Crippen LogP) is 6.98. The molecule has 0 heteroatoms. The normalized spacial score (nSPS) is 14.7. The molecule has 0 bridgehead atoms. The summed E-state index contributed by atoms with van der Waals surface area (Å²) in [5, 5.41) is 0. The van der Waals surface area contributed by atoms with Gasteiger partial charge in [-0.05, 0) is 11.8 Å².